The first kappa shape index (κ1) is 16.2. The molecular weight excluding hydrogens is 308 g/mol. The first-order chi connectivity index (χ1) is 10.0. The third-order valence-corrected chi connectivity index (χ3v) is 4.26. The molecule has 1 aromatic carbocycles. The molecule has 6 heteroatoms. The van der Waals surface area contributed by atoms with Gasteiger partial charge in [-0.2, -0.15) is 0 Å². The average molecular weight is 327 g/mol. The molecule has 1 aromatic heterocycles. The van der Waals surface area contributed by atoms with Crippen LogP contribution in [0.3, 0.4) is 0 Å². The Labute approximate surface area is 133 Å². The molecule has 2 aromatic rings. The zero-order chi connectivity index (χ0) is 15.2. The highest BCUT2D eigenvalue weighted by Crippen LogP contribution is 2.21. The summed E-state index contributed by atoms with van der Waals surface area (Å²) in [4.78, 5) is 5.35. The summed E-state index contributed by atoms with van der Waals surface area (Å²) in [6.45, 7) is 5.33. The smallest absolute Gasteiger partial charge is 0.119 e. The third kappa shape index (κ3) is 5.28. The van der Waals surface area contributed by atoms with Crippen LogP contribution in [0.2, 0.25) is 5.02 Å². The summed E-state index contributed by atoms with van der Waals surface area (Å²) in [5.41, 5.74) is 0.961. The number of ether oxygens (including phenoxy) is 1. The van der Waals surface area contributed by atoms with E-state index in [1.54, 1.807) is 23.5 Å². The summed E-state index contributed by atoms with van der Waals surface area (Å²) < 4.78 is 5.55. The molecule has 21 heavy (non-hydrogen) atoms. The summed E-state index contributed by atoms with van der Waals surface area (Å²) in [7, 11) is 0. The van der Waals surface area contributed by atoms with Crippen LogP contribution in [0.1, 0.15) is 15.4 Å². The van der Waals surface area contributed by atoms with Crippen LogP contribution in [0.4, 0.5) is 0 Å². The van der Waals surface area contributed by atoms with Gasteiger partial charge in [0.05, 0.1) is 5.01 Å². The Kier molecular flexibility index (Phi) is 5.99. The molecule has 4 nitrogen and oxygen atoms in total. The fraction of sp³-hybridized carbons (Fsp3) is 0.400. The molecule has 0 saturated heterocycles. The van der Waals surface area contributed by atoms with E-state index in [4.69, 9.17) is 16.3 Å². The molecule has 0 aliphatic heterocycles. The average Bonchev–Trinajstić information content (AvgIpc) is 2.86. The first-order valence-corrected chi connectivity index (χ1v) is 7.93. The van der Waals surface area contributed by atoms with Crippen molar-refractivity contribution in [3.05, 3.63) is 44.9 Å². The van der Waals surface area contributed by atoms with Gasteiger partial charge in [-0.15, -0.1) is 11.3 Å². The Morgan fingerprint density at radius 1 is 1.43 bits per heavy atom. The summed E-state index contributed by atoms with van der Waals surface area (Å²) in [5.74, 6) is 0.717. The molecule has 114 valence electrons. The highest BCUT2D eigenvalue weighted by molar-refractivity contribution is 7.11. The summed E-state index contributed by atoms with van der Waals surface area (Å²) in [5, 5.41) is 14.8. The number of thiazole rings is 1. The van der Waals surface area contributed by atoms with Gasteiger partial charge in [-0.3, -0.25) is 0 Å². The molecule has 0 bridgehead atoms. The van der Waals surface area contributed by atoms with E-state index in [1.807, 2.05) is 26.1 Å². The van der Waals surface area contributed by atoms with Crippen molar-refractivity contribution in [2.75, 3.05) is 13.2 Å². The lowest BCUT2D eigenvalue weighted by atomic mass is 10.2. The van der Waals surface area contributed by atoms with Crippen LogP contribution in [-0.4, -0.2) is 29.3 Å². The Morgan fingerprint density at radius 2 is 2.24 bits per heavy atom. The molecule has 0 aliphatic carbocycles. The maximum Gasteiger partial charge on any atom is 0.119 e. The minimum atomic E-state index is -0.560. The summed E-state index contributed by atoms with van der Waals surface area (Å²) in [6.07, 6.45) is 1.29. The van der Waals surface area contributed by atoms with Crippen LogP contribution in [0.25, 0.3) is 0 Å². The highest BCUT2D eigenvalue weighted by atomic mass is 35.5. The zero-order valence-electron chi connectivity index (χ0n) is 12.1. The van der Waals surface area contributed by atoms with Crippen LogP contribution in [0.5, 0.6) is 5.75 Å². The molecule has 2 N–H and O–H groups in total. The van der Waals surface area contributed by atoms with Crippen molar-refractivity contribution < 1.29 is 9.84 Å². The van der Waals surface area contributed by atoms with Crippen molar-refractivity contribution in [2.45, 2.75) is 26.5 Å². The van der Waals surface area contributed by atoms with Gasteiger partial charge in [0.15, 0.2) is 0 Å². The third-order valence-electron chi connectivity index (χ3n) is 2.92. The number of aromatic nitrogens is 1. The van der Waals surface area contributed by atoms with E-state index in [-0.39, 0.29) is 6.61 Å². The topological polar surface area (TPSA) is 54.4 Å². The minimum Gasteiger partial charge on any atom is -0.491 e. The number of aryl methyl sites for hydroxylation is 2. The predicted molar refractivity (Wildman–Crippen MR) is 86.2 cm³/mol. The van der Waals surface area contributed by atoms with Crippen LogP contribution in [0.15, 0.2) is 24.4 Å². The number of nitrogens with zero attached hydrogens (tertiary/aromatic N) is 1. The van der Waals surface area contributed by atoms with Crippen molar-refractivity contribution in [1.82, 2.24) is 10.3 Å². The highest BCUT2D eigenvalue weighted by Gasteiger charge is 2.06. The Bertz CT molecular complexity index is 589. The molecule has 0 fully saturated rings. The Morgan fingerprint density at radius 3 is 2.90 bits per heavy atom. The minimum absolute atomic E-state index is 0.246. The fourth-order valence-corrected chi connectivity index (χ4v) is 2.69. The number of nitrogens with one attached hydrogen (secondary N) is 1. The van der Waals surface area contributed by atoms with Gasteiger partial charge in [0.2, 0.25) is 0 Å². The van der Waals surface area contributed by atoms with Gasteiger partial charge < -0.3 is 15.2 Å². The molecular formula is C15H19ClN2O2S. The largest absolute Gasteiger partial charge is 0.491 e. The van der Waals surface area contributed by atoms with Crippen LogP contribution in [-0.2, 0) is 6.54 Å². The lowest BCUT2D eigenvalue weighted by Crippen LogP contribution is -2.31. The number of aliphatic hydroxyl groups excluding tert-OH is 1. The lowest BCUT2D eigenvalue weighted by Gasteiger charge is -2.13. The van der Waals surface area contributed by atoms with Crippen molar-refractivity contribution in [1.29, 1.82) is 0 Å². The van der Waals surface area contributed by atoms with Crippen molar-refractivity contribution in [3.8, 4) is 5.75 Å². The summed E-state index contributed by atoms with van der Waals surface area (Å²) >= 11 is 7.61. The Hall–Kier alpha value is -1.14. The number of benzene rings is 1. The molecule has 1 unspecified atom stereocenters. The van der Waals surface area contributed by atoms with Crippen LogP contribution >= 0.6 is 22.9 Å². The summed E-state index contributed by atoms with van der Waals surface area (Å²) in [6, 6.07) is 5.46. The SMILES string of the molecule is Cc1ncc(CNCC(O)COc2ccc(Cl)c(C)c2)s1. The van der Waals surface area contributed by atoms with E-state index in [2.05, 4.69) is 10.3 Å². The maximum atomic E-state index is 9.89. The normalized spacial score (nSPS) is 12.4. The number of rotatable bonds is 7. The molecule has 0 saturated carbocycles. The lowest BCUT2D eigenvalue weighted by molar-refractivity contribution is 0.106. The molecule has 2 rings (SSSR count). The van der Waals surface area contributed by atoms with E-state index in [1.165, 1.54) is 0 Å². The predicted octanol–water partition coefficient (Wildman–Crippen LogP) is 2.94. The standard InChI is InChI=1S/C15H19ClN2O2S/c1-10-5-13(3-4-15(10)16)20-9-12(19)6-17-7-14-8-18-11(2)21-14/h3-5,8,12,17,19H,6-7,9H2,1-2H3. The van der Waals surface area contributed by atoms with Gasteiger partial charge in [-0.1, -0.05) is 11.6 Å². The van der Waals surface area contributed by atoms with Crippen LogP contribution in [0, 0.1) is 13.8 Å². The van der Waals surface area contributed by atoms with Crippen molar-refractivity contribution in [2.24, 2.45) is 0 Å². The quantitative estimate of drug-likeness (QED) is 0.821. The molecule has 1 heterocycles. The van der Waals surface area contributed by atoms with E-state index < -0.39 is 6.10 Å². The van der Waals surface area contributed by atoms with Gasteiger partial charge in [0.25, 0.3) is 0 Å². The van der Waals surface area contributed by atoms with Gasteiger partial charge in [0, 0.05) is 29.2 Å². The second kappa shape index (κ2) is 7.75. The molecule has 0 radical (unpaired) electrons. The molecule has 1 atom stereocenters. The first-order valence-electron chi connectivity index (χ1n) is 6.73. The molecule has 0 amide bonds. The second-order valence-electron chi connectivity index (χ2n) is 4.85. The van der Waals surface area contributed by atoms with E-state index in [0.29, 0.717) is 23.9 Å². The fourth-order valence-electron chi connectivity index (χ4n) is 1.81. The van der Waals surface area contributed by atoms with Crippen molar-refractivity contribution in [3.63, 3.8) is 0 Å². The van der Waals surface area contributed by atoms with Gasteiger partial charge in [-0.25, -0.2) is 4.98 Å². The van der Waals surface area contributed by atoms with E-state index in [0.717, 1.165) is 15.4 Å². The number of aliphatic hydroxyl groups is 1. The number of halogens is 1. The van der Waals surface area contributed by atoms with Gasteiger partial charge in [-0.05, 0) is 37.6 Å². The monoisotopic (exact) mass is 326 g/mol. The van der Waals surface area contributed by atoms with Gasteiger partial charge >= 0.3 is 0 Å². The van der Waals surface area contributed by atoms with E-state index >= 15 is 0 Å². The zero-order valence-corrected chi connectivity index (χ0v) is 13.7. The molecule has 0 spiro atoms. The van der Waals surface area contributed by atoms with Crippen molar-refractivity contribution >= 4 is 22.9 Å². The van der Waals surface area contributed by atoms with Gasteiger partial charge in [0.1, 0.15) is 18.5 Å². The van der Waals surface area contributed by atoms with E-state index in [9.17, 15) is 5.11 Å². The number of hydrogen-bond donors (Lipinski definition) is 2. The second-order valence-corrected chi connectivity index (χ2v) is 6.58. The maximum absolute atomic E-state index is 9.89. The molecule has 0 aliphatic rings. The van der Waals surface area contributed by atoms with Crippen LogP contribution < -0.4 is 10.1 Å². The Balaban J connectivity index is 1.69. The number of hydrogen-bond acceptors (Lipinski definition) is 5.